The van der Waals surface area contributed by atoms with E-state index in [4.69, 9.17) is 9.92 Å². The van der Waals surface area contributed by atoms with Gasteiger partial charge < -0.3 is 11.1 Å². The fourth-order valence-corrected chi connectivity index (χ4v) is 3.98. The van der Waals surface area contributed by atoms with Gasteiger partial charge in [-0.3, -0.25) is 4.18 Å². The van der Waals surface area contributed by atoms with Gasteiger partial charge in [-0.1, -0.05) is 50.5 Å². The Morgan fingerprint density at radius 1 is 1.22 bits per heavy atom. The summed E-state index contributed by atoms with van der Waals surface area (Å²) in [7, 11) is -2.91. The van der Waals surface area contributed by atoms with E-state index in [-0.39, 0.29) is 5.54 Å². The molecule has 23 heavy (non-hydrogen) atoms. The van der Waals surface area contributed by atoms with Crippen molar-refractivity contribution in [2.75, 3.05) is 6.54 Å². The van der Waals surface area contributed by atoms with Crippen LogP contribution in [-0.2, 0) is 21.7 Å². The molecule has 1 aromatic rings. The highest BCUT2D eigenvalue weighted by Gasteiger charge is 2.41. The van der Waals surface area contributed by atoms with E-state index in [2.05, 4.69) is 12.2 Å². The molecule has 0 heterocycles. The molecule has 1 saturated carbocycles. The van der Waals surface area contributed by atoms with Crippen molar-refractivity contribution in [1.82, 2.24) is 5.32 Å². The molecule has 0 spiro atoms. The van der Waals surface area contributed by atoms with E-state index >= 15 is 0 Å². The first-order chi connectivity index (χ1) is 11.1. The SMILES string of the molecule is CCCNC1(C(O[SH](=O)=O)c2ccc(CN)cc2)CCCCC1. The fraction of sp³-hybridized carbons (Fsp3) is 0.647. The second-order valence-electron chi connectivity index (χ2n) is 6.30. The number of rotatable bonds is 8. The number of nitrogens with one attached hydrogen (secondary N) is 1. The highest BCUT2D eigenvalue weighted by atomic mass is 32.2. The van der Waals surface area contributed by atoms with E-state index < -0.39 is 17.1 Å². The summed E-state index contributed by atoms with van der Waals surface area (Å²) in [5.41, 5.74) is 7.26. The fourth-order valence-electron chi connectivity index (χ4n) is 3.48. The lowest BCUT2D eigenvalue weighted by atomic mass is 9.75. The van der Waals surface area contributed by atoms with Crippen molar-refractivity contribution in [2.24, 2.45) is 5.73 Å². The van der Waals surface area contributed by atoms with E-state index in [0.717, 1.165) is 49.8 Å². The normalized spacial score (nSPS) is 18.9. The van der Waals surface area contributed by atoms with Crippen molar-refractivity contribution in [3.05, 3.63) is 35.4 Å². The zero-order chi connectivity index (χ0) is 16.7. The molecule has 130 valence electrons. The molecule has 1 aliphatic rings. The lowest BCUT2D eigenvalue weighted by molar-refractivity contribution is 0.0601. The second-order valence-corrected chi connectivity index (χ2v) is 6.96. The van der Waals surface area contributed by atoms with Crippen molar-refractivity contribution in [1.29, 1.82) is 0 Å². The number of nitrogens with two attached hydrogens (primary N) is 1. The van der Waals surface area contributed by atoms with Crippen molar-refractivity contribution < 1.29 is 12.6 Å². The van der Waals surface area contributed by atoms with E-state index in [9.17, 15) is 8.42 Å². The smallest absolute Gasteiger partial charge is 0.257 e. The summed E-state index contributed by atoms with van der Waals surface area (Å²) in [6, 6.07) is 7.77. The van der Waals surface area contributed by atoms with Gasteiger partial charge in [0, 0.05) is 6.54 Å². The van der Waals surface area contributed by atoms with E-state index in [1.165, 1.54) is 6.42 Å². The Kier molecular flexibility index (Phi) is 7.02. The second kappa shape index (κ2) is 8.78. The largest absolute Gasteiger partial charge is 0.326 e. The first-order valence-electron chi connectivity index (χ1n) is 8.46. The van der Waals surface area contributed by atoms with Gasteiger partial charge in [0.1, 0.15) is 6.10 Å². The zero-order valence-electron chi connectivity index (χ0n) is 13.8. The van der Waals surface area contributed by atoms with Crippen LogP contribution in [0.3, 0.4) is 0 Å². The molecule has 6 heteroatoms. The molecular formula is C17H28N2O3S. The van der Waals surface area contributed by atoms with Gasteiger partial charge >= 0.3 is 0 Å². The lowest BCUT2D eigenvalue weighted by Crippen LogP contribution is -2.52. The van der Waals surface area contributed by atoms with Crippen LogP contribution in [0, 0.1) is 0 Å². The minimum atomic E-state index is -2.91. The molecule has 0 aliphatic heterocycles. The average Bonchev–Trinajstić information content (AvgIpc) is 2.59. The number of benzene rings is 1. The lowest BCUT2D eigenvalue weighted by Gasteiger charge is -2.43. The maximum atomic E-state index is 11.3. The Hall–Kier alpha value is -0.950. The van der Waals surface area contributed by atoms with Gasteiger partial charge in [0.25, 0.3) is 11.0 Å². The van der Waals surface area contributed by atoms with Crippen LogP contribution in [0.5, 0.6) is 0 Å². The molecule has 3 N–H and O–H groups in total. The van der Waals surface area contributed by atoms with E-state index in [1.54, 1.807) is 0 Å². The summed E-state index contributed by atoms with van der Waals surface area (Å²) in [6.07, 6.45) is 5.75. The summed E-state index contributed by atoms with van der Waals surface area (Å²) in [5, 5.41) is 3.60. The Bertz CT molecular complexity index is 543. The van der Waals surface area contributed by atoms with Gasteiger partial charge in [-0.05, 0) is 36.9 Å². The standard InChI is InChI=1S/C17H28N2O3S/c1-2-12-19-17(10-4-3-5-11-17)16(22-23(20)21)15-8-6-14(13-18)7-9-15/h6-9,16,19,23H,2-5,10-13,18H2,1H3. The van der Waals surface area contributed by atoms with Crippen LogP contribution in [0.1, 0.15) is 62.7 Å². The maximum Gasteiger partial charge on any atom is 0.257 e. The zero-order valence-corrected chi connectivity index (χ0v) is 14.7. The molecule has 1 aliphatic carbocycles. The number of hydrogen-bond donors (Lipinski definition) is 3. The Morgan fingerprint density at radius 2 is 1.87 bits per heavy atom. The van der Waals surface area contributed by atoms with Gasteiger partial charge in [0.2, 0.25) is 0 Å². The van der Waals surface area contributed by atoms with Crippen LogP contribution in [-0.4, -0.2) is 20.5 Å². The predicted octanol–water partition coefficient (Wildman–Crippen LogP) is 2.43. The third kappa shape index (κ3) is 4.76. The monoisotopic (exact) mass is 340 g/mol. The molecule has 0 radical (unpaired) electrons. The van der Waals surface area contributed by atoms with Crippen LogP contribution >= 0.6 is 0 Å². The summed E-state index contributed by atoms with van der Waals surface area (Å²) in [5.74, 6) is 0. The van der Waals surface area contributed by atoms with Gasteiger partial charge in [-0.25, -0.2) is 8.42 Å². The molecule has 1 unspecified atom stereocenters. The highest BCUT2D eigenvalue weighted by Crippen LogP contribution is 2.41. The van der Waals surface area contributed by atoms with E-state index in [1.807, 2.05) is 24.3 Å². The first-order valence-corrected chi connectivity index (χ1v) is 9.56. The summed E-state index contributed by atoms with van der Waals surface area (Å²) in [6.45, 7) is 3.45. The molecule has 0 bridgehead atoms. The summed E-state index contributed by atoms with van der Waals surface area (Å²) >= 11 is 0. The minimum absolute atomic E-state index is 0.312. The molecule has 0 aromatic heterocycles. The van der Waals surface area contributed by atoms with Crippen LogP contribution < -0.4 is 11.1 Å². The van der Waals surface area contributed by atoms with Crippen LogP contribution in [0.2, 0.25) is 0 Å². The molecule has 1 aromatic carbocycles. The van der Waals surface area contributed by atoms with Crippen LogP contribution in [0.25, 0.3) is 0 Å². The van der Waals surface area contributed by atoms with Crippen molar-refractivity contribution in [3.8, 4) is 0 Å². The van der Waals surface area contributed by atoms with Gasteiger partial charge in [0.15, 0.2) is 0 Å². The Balaban J connectivity index is 2.35. The van der Waals surface area contributed by atoms with Gasteiger partial charge in [-0.15, -0.1) is 0 Å². The summed E-state index contributed by atoms with van der Waals surface area (Å²) < 4.78 is 28.1. The van der Waals surface area contributed by atoms with Gasteiger partial charge in [0.05, 0.1) is 5.54 Å². The quantitative estimate of drug-likeness (QED) is 0.633. The first kappa shape index (κ1) is 18.4. The molecular weight excluding hydrogens is 312 g/mol. The van der Waals surface area contributed by atoms with E-state index in [0.29, 0.717) is 6.54 Å². The number of hydrogen-bond acceptors (Lipinski definition) is 5. The van der Waals surface area contributed by atoms with Crippen LogP contribution in [0.4, 0.5) is 0 Å². The average molecular weight is 340 g/mol. The summed E-state index contributed by atoms with van der Waals surface area (Å²) in [4.78, 5) is 0. The van der Waals surface area contributed by atoms with Gasteiger partial charge in [-0.2, -0.15) is 0 Å². The molecule has 0 amide bonds. The highest BCUT2D eigenvalue weighted by molar-refractivity contribution is 7.67. The van der Waals surface area contributed by atoms with Crippen molar-refractivity contribution in [3.63, 3.8) is 0 Å². The Labute approximate surface area is 140 Å². The maximum absolute atomic E-state index is 11.3. The molecule has 1 fully saturated rings. The topological polar surface area (TPSA) is 81.4 Å². The molecule has 2 rings (SSSR count). The third-order valence-electron chi connectivity index (χ3n) is 4.68. The number of thiol groups is 1. The molecule has 1 atom stereocenters. The van der Waals surface area contributed by atoms with Crippen LogP contribution in [0.15, 0.2) is 24.3 Å². The molecule has 0 saturated heterocycles. The third-order valence-corrected chi connectivity index (χ3v) is 5.07. The Morgan fingerprint density at radius 3 is 2.39 bits per heavy atom. The minimum Gasteiger partial charge on any atom is -0.326 e. The van der Waals surface area contributed by atoms with Crippen molar-refractivity contribution in [2.45, 2.75) is 63.6 Å². The molecule has 5 nitrogen and oxygen atoms in total. The predicted molar refractivity (Wildman–Crippen MR) is 92.6 cm³/mol. The van der Waals surface area contributed by atoms with Crippen molar-refractivity contribution >= 4 is 11.0 Å².